The first-order valence-corrected chi connectivity index (χ1v) is 18.8. The van der Waals surface area contributed by atoms with Crippen molar-refractivity contribution in [2.45, 2.75) is 24.2 Å². The number of carbonyl (C=O) groups is 5. The molecule has 16 heteroatoms. The number of hydrogen-bond donors (Lipinski definition) is 4. The number of hydrogen-bond acceptors (Lipinski definition) is 10. The van der Waals surface area contributed by atoms with Crippen LogP contribution in [0.5, 0.6) is 23.0 Å². The summed E-state index contributed by atoms with van der Waals surface area (Å²) >= 11 is 19.3. The number of rotatable bonds is 8. The number of allylic oxidation sites excluding steroid dienone is 2. The number of hydrazine groups is 1. The van der Waals surface area contributed by atoms with Crippen LogP contribution >= 0.6 is 34.8 Å². The van der Waals surface area contributed by atoms with Crippen LogP contribution in [0.3, 0.4) is 0 Å². The third-order valence-electron chi connectivity index (χ3n) is 11.7. The van der Waals surface area contributed by atoms with Crippen LogP contribution in [0.2, 0.25) is 15.1 Å². The molecule has 4 aliphatic rings. The van der Waals surface area contributed by atoms with E-state index in [0.717, 1.165) is 22.0 Å². The van der Waals surface area contributed by atoms with E-state index in [1.165, 1.54) is 44.6 Å². The number of nitrogens with zero attached hydrogens (tertiary/aromatic N) is 2. The Morgan fingerprint density at radius 2 is 1.58 bits per heavy atom. The van der Waals surface area contributed by atoms with Crippen LogP contribution in [0.1, 0.15) is 40.2 Å². The van der Waals surface area contributed by atoms with E-state index in [4.69, 9.17) is 44.3 Å². The highest BCUT2D eigenvalue weighted by atomic mass is 35.5. The van der Waals surface area contributed by atoms with Crippen molar-refractivity contribution in [3.63, 3.8) is 0 Å². The van der Waals surface area contributed by atoms with Gasteiger partial charge in [0.05, 0.1) is 58.8 Å². The smallest absolute Gasteiger partial charge is 0.339 e. The van der Waals surface area contributed by atoms with Gasteiger partial charge in [0, 0.05) is 17.0 Å². The monoisotopic (exact) mass is 831 g/mol. The van der Waals surface area contributed by atoms with E-state index in [1.807, 2.05) is 6.08 Å². The van der Waals surface area contributed by atoms with Crippen molar-refractivity contribution in [2.75, 3.05) is 24.5 Å². The van der Waals surface area contributed by atoms with Gasteiger partial charge >= 0.3 is 5.97 Å². The van der Waals surface area contributed by atoms with Gasteiger partial charge in [0.15, 0.2) is 11.5 Å². The summed E-state index contributed by atoms with van der Waals surface area (Å²) in [7, 11) is 2.84. The van der Waals surface area contributed by atoms with E-state index in [0.29, 0.717) is 27.5 Å². The van der Waals surface area contributed by atoms with Gasteiger partial charge in [-0.2, -0.15) is 5.01 Å². The van der Waals surface area contributed by atoms with Crippen LogP contribution in [-0.2, 0) is 24.6 Å². The number of carboxylic acids is 1. The van der Waals surface area contributed by atoms with Gasteiger partial charge in [-0.25, -0.2) is 9.69 Å². The standard InChI is InChI=1S/C41H32Cl3N3O10/c1-56-22-7-3-19(4-8-22)41-27(37(51)47(40(41)55)45-30-12-5-20(42)15-28(30)43)17-26-23(34(41)18-13-29(44)35(49)32(14-18)57-2)10-11-25-33(26)38(52)46(36(25)50)21-6-9-24(39(53)54)31(48)16-21/h3-10,12-16,25-27,33-34,45,48-49H,11,17H2,1-2H3,(H,53,54). The van der Waals surface area contributed by atoms with Crippen molar-refractivity contribution in [1.29, 1.82) is 0 Å². The summed E-state index contributed by atoms with van der Waals surface area (Å²) in [6, 6.07) is 17.7. The number of anilines is 2. The van der Waals surface area contributed by atoms with Crippen LogP contribution in [0.25, 0.3) is 0 Å². The zero-order valence-electron chi connectivity index (χ0n) is 30.0. The van der Waals surface area contributed by atoms with Crippen LogP contribution in [0.15, 0.2) is 84.4 Å². The fraction of sp³-hybridized carbons (Fsp3) is 0.244. The van der Waals surface area contributed by atoms with Gasteiger partial charge < -0.3 is 24.8 Å². The topological polar surface area (TPSA) is 183 Å². The number of aromatic carboxylic acids is 1. The molecular formula is C41H32Cl3N3O10. The van der Waals surface area contributed by atoms with Gasteiger partial charge in [0.1, 0.15) is 17.1 Å². The summed E-state index contributed by atoms with van der Waals surface area (Å²) in [5.74, 6) is -9.18. The number of fused-ring (bicyclic) bond motifs is 4. The fourth-order valence-corrected chi connectivity index (χ4v) is 9.90. The second kappa shape index (κ2) is 14.0. The summed E-state index contributed by atoms with van der Waals surface area (Å²) in [5.41, 5.74) is 2.44. The number of carboxylic acid groups (broad SMARTS) is 1. The van der Waals surface area contributed by atoms with Crippen LogP contribution < -0.4 is 19.8 Å². The van der Waals surface area contributed by atoms with Crippen LogP contribution in [0, 0.1) is 23.7 Å². The number of benzene rings is 4. The molecule has 1 saturated carbocycles. The molecule has 13 nitrogen and oxygen atoms in total. The number of phenols is 2. The SMILES string of the molecule is COc1ccc(C23C(=O)N(Nc4ccc(Cl)cc4Cl)C(=O)C2CC2C(=CCC4C(=O)N(c5ccc(C(=O)O)c(O)c5)C(=O)C42)C3c2cc(Cl)c(O)c(OC)c2)cc1. The second-order valence-corrected chi connectivity index (χ2v) is 15.5. The molecule has 0 aromatic heterocycles. The van der Waals surface area contributed by atoms with Gasteiger partial charge in [-0.05, 0) is 84.5 Å². The summed E-state index contributed by atoms with van der Waals surface area (Å²) in [6.07, 6.45) is 1.85. The predicted octanol–water partition coefficient (Wildman–Crippen LogP) is 6.96. The molecule has 0 spiro atoms. The Balaban J connectivity index is 1.33. The van der Waals surface area contributed by atoms with E-state index in [-0.39, 0.29) is 45.8 Å². The normalized spacial score (nSPS) is 25.1. The Morgan fingerprint density at radius 3 is 2.23 bits per heavy atom. The van der Waals surface area contributed by atoms with Gasteiger partial charge in [-0.3, -0.25) is 24.6 Å². The maximum atomic E-state index is 15.5. The lowest BCUT2D eigenvalue weighted by molar-refractivity contribution is -0.138. The molecule has 2 saturated heterocycles. The Bertz CT molecular complexity index is 2460. The van der Waals surface area contributed by atoms with Crippen molar-refractivity contribution in [1.82, 2.24) is 5.01 Å². The molecule has 4 amide bonds. The molecule has 6 atom stereocenters. The molecule has 0 bridgehead atoms. The van der Waals surface area contributed by atoms with E-state index in [9.17, 15) is 34.5 Å². The lowest BCUT2D eigenvalue weighted by Gasteiger charge is -2.50. The molecule has 2 aliphatic carbocycles. The molecule has 3 fully saturated rings. The molecule has 292 valence electrons. The third kappa shape index (κ3) is 5.70. The lowest BCUT2D eigenvalue weighted by atomic mass is 9.49. The number of nitrogens with one attached hydrogen (secondary N) is 1. The van der Waals surface area contributed by atoms with E-state index >= 15 is 4.79 Å². The Morgan fingerprint density at radius 1 is 0.842 bits per heavy atom. The third-order valence-corrected chi connectivity index (χ3v) is 12.5. The molecule has 4 aromatic carbocycles. The molecule has 57 heavy (non-hydrogen) atoms. The first-order valence-electron chi connectivity index (χ1n) is 17.7. The second-order valence-electron chi connectivity index (χ2n) is 14.3. The number of methoxy groups -OCH3 is 2. The van der Waals surface area contributed by atoms with E-state index < -0.39 is 75.9 Å². The predicted molar refractivity (Wildman–Crippen MR) is 208 cm³/mol. The average Bonchev–Trinajstić information content (AvgIpc) is 3.57. The molecule has 8 rings (SSSR count). The van der Waals surface area contributed by atoms with Gasteiger partial charge in [-0.15, -0.1) is 0 Å². The van der Waals surface area contributed by atoms with Crippen molar-refractivity contribution in [2.24, 2.45) is 23.7 Å². The highest BCUT2D eigenvalue weighted by Crippen LogP contribution is 2.65. The fourth-order valence-electron chi connectivity index (χ4n) is 9.23. The number of carbonyl (C=O) groups excluding carboxylic acids is 4. The number of phenolic OH excluding ortho intramolecular Hbond substituents is 1. The summed E-state index contributed by atoms with van der Waals surface area (Å²) < 4.78 is 11.0. The maximum Gasteiger partial charge on any atom is 0.339 e. The minimum absolute atomic E-state index is 0.00190. The highest BCUT2D eigenvalue weighted by Gasteiger charge is 2.70. The number of halogens is 3. The molecular weight excluding hydrogens is 801 g/mol. The summed E-state index contributed by atoms with van der Waals surface area (Å²) in [6.45, 7) is 0. The largest absolute Gasteiger partial charge is 0.507 e. The molecule has 6 unspecified atom stereocenters. The number of ether oxygens (including phenoxy) is 2. The molecule has 2 heterocycles. The van der Waals surface area contributed by atoms with Crippen molar-refractivity contribution in [3.05, 3.63) is 116 Å². The lowest BCUT2D eigenvalue weighted by Crippen LogP contribution is -2.53. The first kappa shape index (κ1) is 38.1. The quantitative estimate of drug-likeness (QED) is 0.106. The van der Waals surface area contributed by atoms with Crippen LogP contribution in [-0.4, -0.2) is 64.1 Å². The Labute approximate surface area is 339 Å². The zero-order chi connectivity index (χ0) is 40.7. The van der Waals surface area contributed by atoms with Gasteiger partial charge in [0.25, 0.3) is 11.8 Å². The van der Waals surface area contributed by atoms with Gasteiger partial charge in [0.2, 0.25) is 11.8 Å². The zero-order valence-corrected chi connectivity index (χ0v) is 32.3. The number of amides is 4. The van der Waals surface area contributed by atoms with Crippen molar-refractivity contribution in [3.8, 4) is 23.0 Å². The molecule has 2 aliphatic heterocycles. The number of aromatic hydroxyl groups is 2. The maximum absolute atomic E-state index is 15.5. The van der Waals surface area contributed by atoms with Gasteiger partial charge in [-0.1, -0.05) is 58.6 Å². The minimum Gasteiger partial charge on any atom is -0.507 e. The van der Waals surface area contributed by atoms with E-state index in [1.54, 1.807) is 30.3 Å². The molecule has 4 N–H and O–H groups in total. The van der Waals surface area contributed by atoms with Crippen molar-refractivity contribution < 1.29 is 48.8 Å². The Hall–Kier alpha value is -5.76. The average molecular weight is 833 g/mol. The summed E-state index contributed by atoms with van der Waals surface area (Å²) in [5, 5.41) is 32.1. The van der Waals surface area contributed by atoms with Crippen LogP contribution in [0.4, 0.5) is 11.4 Å². The first-order chi connectivity index (χ1) is 27.2. The van der Waals surface area contributed by atoms with E-state index in [2.05, 4.69) is 5.43 Å². The highest BCUT2D eigenvalue weighted by molar-refractivity contribution is 6.36. The summed E-state index contributed by atoms with van der Waals surface area (Å²) in [4.78, 5) is 71.7. The Kier molecular flexibility index (Phi) is 9.37. The minimum atomic E-state index is -1.71. The molecule has 0 radical (unpaired) electrons. The van der Waals surface area contributed by atoms with Crippen molar-refractivity contribution >= 4 is 75.8 Å². The number of imide groups is 2. The molecule has 4 aromatic rings.